The number of aryl methyl sites for hydroxylation is 1. The molecule has 5 rings (SSSR count). The number of alkyl halides is 3. The van der Waals surface area contributed by atoms with Crippen LogP contribution in [0.4, 0.5) is 13.2 Å². The van der Waals surface area contributed by atoms with Crippen molar-refractivity contribution < 1.29 is 26.4 Å². The van der Waals surface area contributed by atoms with E-state index in [-0.39, 0.29) is 12.5 Å². The van der Waals surface area contributed by atoms with Crippen LogP contribution in [0.25, 0.3) is 0 Å². The summed E-state index contributed by atoms with van der Waals surface area (Å²) < 4.78 is 68.9. The van der Waals surface area contributed by atoms with Crippen LogP contribution in [-0.4, -0.2) is 58.7 Å². The van der Waals surface area contributed by atoms with Crippen molar-refractivity contribution in [3.63, 3.8) is 0 Å². The smallest absolute Gasteiger partial charge is 0.329 e. The number of hydrogen-bond donors (Lipinski definition) is 1. The molecule has 0 fully saturated rings. The molecule has 1 amide bonds. The Morgan fingerprint density at radius 3 is 2.67 bits per heavy atom. The number of rotatable bonds is 7. The highest BCUT2D eigenvalue weighted by Gasteiger charge is 2.38. The summed E-state index contributed by atoms with van der Waals surface area (Å²) >= 11 is 0. The van der Waals surface area contributed by atoms with Crippen LogP contribution in [0.1, 0.15) is 40.4 Å². The van der Waals surface area contributed by atoms with Gasteiger partial charge < -0.3 is 10.2 Å². The normalized spacial score (nSPS) is 19.6. The van der Waals surface area contributed by atoms with E-state index in [2.05, 4.69) is 38.7 Å². The molecule has 1 aliphatic heterocycles. The van der Waals surface area contributed by atoms with Crippen molar-refractivity contribution in [3.8, 4) is 0 Å². The van der Waals surface area contributed by atoms with Crippen molar-refractivity contribution in [2.45, 2.75) is 55.4 Å². The summed E-state index contributed by atoms with van der Waals surface area (Å²) in [7, 11) is -0.437. The number of carbonyl (C=O) groups is 1. The van der Waals surface area contributed by atoms with Crippen molar-refractivity contribution in [3.05, 3.63) is 89.0 Å². The van der Waals surface area contributed by atoms with Gasteiger partial charge in [0.2, 0.25) is 5.91 Å². The van der Waals surface area contributed by atoms with Crippen LogP contribution in [0.15, 0.2) is 66.0 Å². The molecule has 1 aromatic heterocycles. The standard InChI is InChI=1S/C27H29F3N6O3S/c1-34(2)16-18-6-7-19-8-9-23(13-20(19)12-18)35-17-22(32-33-35)15-25-26(37)31-10-11-36(25)40(38,39)24-5-3-4-21(14-24)27(28,29)30/h3-7,10-12,14,17,23,25H,8-9,13,15-16H2,1-2H3,(H,31,37). The van der Waals surface area contributed by atoms with Gasteiger partial charge in [0, 0.05) is 31.6 Å². The number of sulfonamides is 1. The molecule has 2 aromatic carbocycles. The lowest BCUT2D eigenvalue weighted by Gasteiger charge is -2.31. The van der Waals surface area contributed by atoms with Gasteiger partial charge >= 0.3 is 6.18 Å². The highest BCUT2D eigenvalue weighted by molar-refractivity contribution is 7.89. The minimum atomic E-state index is -4.72. The van der Waals surface area contributed by atoms with E-state index in [1.807, 2.05) is 14.1 Å². The first-order valence-corrected chi connectivity index (χ1v) is 14.2. The summed E-state index contributed by atoms with van der Waals surface area (Å²) in [6.07, 6.45) is 1.67. The first kappa shape index (κ1) is 27.8. The van der Waals surface area contributed by atoms with Crippen molar-refractivity contribution >= 4 is 15.9 Å². The topological polar surface area (TPSA) is 100 Å². The van der Waals surface area contributed by atoms with Crippen LogP contribution >= 0.6 is 0 Å². The number of amides is 1. The number of aromatic nitrogens is 3. The molecule has 9 nitrogen and oxygen atoms in total. The van der Waals surface area contributed by atoms with Gasteiger partial charge in [-0.15, -0.1) is 5.10 Å². The number of benzene rings is 2. The first-order chi connectivity index (χ1) is 18.9. The zero-order valence-electron chi connectivity index (χ0n) is 22.0. The highest BCUT2D eigenvalue weighted by atomic mass is 32.2. The Bertz CT molecular complexity index is 1550. The lowest BCUT2D eigenvalue weighted by Crippen LogP contribution is -2.50. The Labute approximate surface area is 230 Å². The maximum absolute atomic E-state index is 13.4. The lowest BCUT2D eigenvalue weighted by molar-refractivity contribution is -0.137. The largest absolute Gasteiger partial charge is 0.416 e. The summed E-state index contributed by atoms with van der Waals surface area (Å²) in [6.45, 7) is 0.837. The summed E-state index contributed by atoms with van der Waals surface area (Å²) in [5.41, 5.74) is 3.08. The Morgan fingerprint density at radius 1 is 1.12 bits per heavy atom. The van der Waals surface area contributed by atoms with Gasteiger partial charge in [-0.3, -0.25) is 9.10 Å². The van der Waals surface area contributed by atoms with E-state index < -0.39 is 38.6 Å². The fourth-order valence-corrected chi connectivity index (χ4v) is 6.65. The van der Waals surface area contributed by atoms with Gasteiger partial charge in [-0.25, -0.2) is 13.1 Å². The van der Waals surface area contributed by atoms with E-state index in [4.69, 9.17) is 0 Å². The number of nitrogens with zero attached hydrogens (tertiary/aromatic N) is 5. The third-order valence-corrected chi connectivity index (χ3v) is 8.88. The molecular weight excluding hydrogens is 545 g/mol. The van der Waals surface area contributed by atoms with E-state index in [0.29, 0.717) is 11.8 Å². The third-order valence-electron chi connectivity index (χ3n) is 7.10. The minimum Gasteiger partial charge on any atom is -0.329 e. The molecule has 0 saturated heterocycles. The Hall–Kier alpha value is -3.71. The second kappa shape index (κ2) is 10.7. The third kappa shape index (κ3) is 5.75. The molecular formula is C27H29F3N6O3S. The molecule has 2 aliphatic rings. The zero-order chi connectivity index (χ0) is 28.7. The van der Waals surface area contributed by atoms with E-state index in [9.17, 15) is 26.4 Å². The molecule has 212 valence electrons. The van der Waals surface area contributed by atoms with Gasteiger partial charge in [-0.05, 0) is 68.2 Å². The van der Waals surface area contributed by atoms with Crippen LogP contribution in [-0.2, 0) is 46.8 Å². The highest BCUT2D eigenvalue weighted by Crippen LogP contribution is 2.33. The van der Waals surface area contributed by atoms with E-state index in [1.165, 1.54) is 16.7 Å². The molecule has 40 heavy (non-hydrogen) atoms. The zero-order valence-corrected chi connectivity index (χ0v) is 22.8. The Balaban J connectivity index is 1.35. The fraction of sp³-hybridized carbons (Fsp3) is 0.370. The van der Waals surface area contributed by atoms with Gasteiger partial charge in [0.25, 0.3) is 10.0 Å². The van der Waals surface area contributed by atoms with Crippen LogP contribution < -0.4 is 5.32 Å². The van der Waals surface area contributed by atoms with Crippen molar-refractivity contribution in [1.82, 2.24) is 29.5 Å². The molecule has 0 radical (unpaired) electrons. The number of carbonyl (C=O) groups excluding carboxylic acids is 1. The summed E-state index contributed by atoms with van der Waals surface area (Å²) in [6, 6.07) is 8.78. The SMILES string of the molecule is CN(C)Cc1ccc2c(c1)CC(n1cc(CC3C(=O)NC=CN3S(=O)(=O)c3cccc(C(F)(F)F)c3)nn1)CC2. The molecule has 3 aromatic rings. The predicted octanol–water partition coefficient (Wildman–Crippen LogP) is 3.29. The summed E-state index contributed by atoms with van der Waals surface area (Å²) in [4.78, 5) is 14.3. The molecule has 0 bridgehead atoms. The van der Waals surface area contributed by atoms with Gasteiger partial charge in [0.1, 0.15) is 6.04 Å². The van der Waals surface area contributed by atoms with Crippen LogP contribution in [0.2, 0.25) is 0 Å². The van der Waals surface area contributed by atoms with Crippen LogP contribution in [0.3, 0.4) is 0 Å². The molecule has 0 spiro atoms. The second-order valence-corrected chi connectivity index (χ2v) is 12.2. The minimum absolute atomic E-state index is 0.0494. The predicted molar refractivity (Wildman–Crippen MR) is 140 cm³/mol. The van der Waals surface area contributed by atoms with Crippen LogP contribution in [0.5, 0.6) is 0 Å². The molecule has 13 heteroatoms. The second-order valence-electron chi connectivity index (χ2n) is 10.3. The van der Waals surface area contributed by atoms with Gasteiger partial charge in [0.15, 0.2) is 0 Å². The van der Waals surface area contributed by atoms with Crippen molar-refractivity contribution in [2.75, 3.05) is 14.1 Å². The van der Waals surface area contributed by atoms with Crippen molar-refractivity contribution in [1.29, 1.82) is 0 Å². The number of hydrogen-bond acceptors (Lipinski definition) is 6. The van der Waals surface area contributed by atoms with E-state index >= 15 is 0 Å². The molecule has 2 heterocycles. The molecule has 1 N–H and O–H groups in total. The van der Waals surface area contributed by atoms with Gasteiger partial charge in [-0.1, -0.05) is 29.5 Å². The Morgan fingerprint density at radius 2 is 1.93 bits per heavy atom. The summed E-state index contributed by atoms with van der Waals surface area (Å²) in [5.74, 6) is -0.618. The number of nitrogens with one attached hydrogen (secondary N) is 1. The average molecular weight is 575 g/mol. The monoisotopic (exact) mass is 574 g/mol. The Kier molecular flexibility index (Phi) is 7.44. The maximum Gasteiger partial charge on any atom is 0.416 e. The molecule has 1 aliphatic carbocycles. The quantitative estimate of drug-likeness (QED) is 0.465. The lowest BCUT2D eigenvalue weighted by atomic mass is 9.87. The molecule has 2 atom stereocenters. The van der Waals surface area contributed by atoms with Gasteiger partial charge in [0.05, 0.1) is 22.2 Å². The maximum atomic E-state index is 13.4. The van der Waals surface area contributed by atoms with Gasteiger partial charge in [-0.2, -0.15) is 13.2 Å². The molecule has 2 unspecified atom stereocenters. The summed E-state index contributed by atoms with van der Waals surface area (Å²) in [5, 5.41) is 11.0. The average Bonchev–Trinajstić information content (AvgIpc) is 3.37. The number of fused-ring (bicyclic) bond motifs is 1. The van der Waals surface area contributed by atoms with Crippen molar-refractivity contribution in [2.24, 2.45) is 0 Å². The fourth-order valence-electron chi connectivity index (χ4n) is 5.16. The van der Waals surface area contributed by atoms with E-state index in [1.54, 1.807) is 10.9 Å². The van der Waals surface area contributed by atoms with Crippen LogP contribution in [0, 0.1) is 0 Å². The van der Waals surface area contributed by atoms with E-state index in [0.717, 1.165) is 60.7 Å². The molecule has 0 saturated carbocycles. The first-order valence-electron chi connectivity index (χ1n) is 12.8. The number of halogens is 3.